The van der Waals surface area contributed by atoms with Crippen LogP contribution in [-0.2, 0) is 4.79 Å². The first-order chi connectivity index (χ1) is 18.9. The summed E-state index contributed by atoms with van der Waals surface area (Å²) in [5.74, 6) is 0.223. The monoisotopic (exact) mass is 525 g/mol. The fraction of sp³-hybridized carbons (Fsp3) is 0.333. The summed E-state index contributed by atoms with van der Waals surface area (Å²) < 4.78 is 4.04. The maximum Gasteiger partial charge on any atom is 0.259 e. The number of carbonyl (C=O) groups excluding carboxylic acids is 2. The largest absolute Gasteiger partial charge is 0.337 e. The molecule has 1 N–H and O–H groups in total. The average molecular weight is 526 g/mol. The number of fused-ring (bicyclic) bond motifs is 1. The minimum absolute atomic E-state index is 0.0170. The number of pyridine rings is 1. The molecule has 9 heteroatoms. The molecule has 1 unspecified atom stereocenters. The van der Waals surface area contributed by atoms with Crippen LogP contribution in [0.25, 0.3) is 16.7 Å². The number of hydrogen-bond donors (Lipinski definition) is 1. The molecule has 1 fully saturated rings. The number of para-hydroxylation sites is 1. The number of aryl methyl sites for hydroxylation is 1. The number of rotatable bonds is 7. The Morgan fingerprint density at radius 2 is 1.95 bits per heavy atom. The molecule has 0 saturated carbocycles. The van der Waals surface area contributed by atoms with Gasteiger partial charge < -0.3 is 18.9 Å². The molecule has 1 atom stereocenters. The van der Waals surface area contributed by atoms with Crippen molar-refractivity contribution >= 4 is 28.8 Å². The topological polar surface area (TPSA) is 88.3 Å². The lowest BCUT2D eigenvalue weighted by molar-refractivity contribution is -0.126. The third-order valence-electron chi connectivity index (χ3n) is 7.08. The molecule has 4 heterocycles. The maximum absolute atomic E-state index is 13.5. The number of imidazole rings is 1. The number of likely N-dealkylation sites (tertiary alicyclic amines) is 1. The zero-order valence-corrected chi connectivity index (χ0v) is 22.7. The van der Waals surface area contributed by atoms with Crippen molar-refractivity contribution in [3.8, 4) is 5.69 Å². The fourth-order valence-electron chi connectivity index (χ4n) is 5.14. The standard InChI is InChI=1S/C30H35N7O2/c1-22-10-8-12-26-28(22)37(24-11-4-5-17-36(21-24)27(38)13-9-14-34(2)3)30(32-26)33-29(39)23-18-25(20-31-19-23)35-15-6-7-16-35/h6-10,12-13,15-16,18-20,24H,4-5,11,14,17,21H2,1-3H3,(H,32,33,39)/b13-9+. The first-order valence-corrected chi connectivity index (χ1v) is 13.4. The highest BCUT2D eigenvalue weighted by molar-refractivity contribution is 6.04. The summed E-state index contributed by atoms with van der Waals surface area (Å²) in [7, 11) is 3.96. The van der Waals surface area contributed by atoms with Gasteiger partial charge in [0.1, 0.15) is 0 Å². The molecule has 2 amide bonds. The Morgan fingerprint density at radius 3 is 2.74 bits per heavy atom. The second-order valence-electron chi connectivity index (χ2n) is 10.3. The van der Waals surface area contributed by atoms with Crippen LogP contribution in [0.15, 0.2) is 73.3 Å². The molecule has 1 saturated heterocycles. The molecule has 1 aliphatic heterocycles. The van der Waals surface area contributed by atoms with Crippen LogP contribution in [0.4, 0.5) is 5.95 Å². The molecule has 1 aliphatic rings. The molecule has 4 aromatic rings. The molecular weight excluding hydrogens is 490 g/mol. The van der Waals surface area contributed by atoms with Crippen LogP contribution in [0.1, 0.15) is 41.2 Å². The van der Waals surface area contributed by atoms with Gasteiger partial charge in [0.2, 0.25) is 11.9 Å². The predicted molar refractivity (Wildman–Crippen MR) is 153 cm³/mol. The minimum atomic E-state index is -0.279. The molecule has 5 rings (SSSR count). The van der Waals surface area contributed by atoms with Gasteiger partial charge in [0, 0.05) is 44.3 Å². The first kappa shape index (κ1) is 26.4. The van der Waals surface area contributed by atoms with Crippen LogP contribution in [0.3, 0.4) is 0 Å². The highest BCUT2D eigenvalue weighted by Crippen LogP contribution is 2.32. The second-order valence-corrected chi connectivity index (χ2v) is 10.3. The van der Waals surface area contributed by atoms with E-state index in [9.17, 15) is 9.59 Å². The maximum atomic E-state index is 13.5. The van der Waals surface area contributed by atoms with E-state index >= 15 is 0 Å². The quantitative estimate of drug-likeness (QED) is 0.360. The van der Waals surface area contributed by atoms with Gasteiger partial charge in [0.15, 0.2) is 0 Å². The highest BCUT2D eigenvalue weighted by atomic mass is 16.2. The van der Waals surface area contributed by atoms with Gasteiger partial charge in [-0.15, -0.1) is 0 Å². The van der Waals surface area contributed by atoms with E-state index < -0.39 is 0 Å². The van der Waals surface area contributed by atoms with Crippen molar-refractivity contribution in [1.29, 1.82) is 0 Å². The lowest BCUT2D eigenvalue weighted by atomic mass is 10.1. The fourth-order valence-corrected chi connectivity index (χ4v) is 5.14. The lowest BCUT2D eigenvalue weighted by Crippen LogP contribution is -2.35. The van der Waals surface area contributed by atoms with Gasteiger partial charge in [0.05, 0.1) is 34.5 Å². The van der Waals surface area contributed by atoms with E-state index in [4.69, 9.17) is 4.98 Å². The summed E-state index contributed by atoms with van der Waals surface area (Å²) in [5.41, 5.74) is 4.12. The number of benzene rings is 1. The summed E-state index contributed by atoms with van der Waals surface area (Å²) in [5, 5.41) is 3.07. The molecule has 202 valence electrons. The summed E-state index contributed by atoms with van der Waals surface area (Å²) in [6.45, 7) is 4.04. The summed E-state index contributed by atoms with van der Waals surface area (Å²) in [6, 6.07) is 11.6. The van der Waals surface area contributed by atoms with Crippen LogP contribution >= 0.6 is 0 Å². The molecule has 0 aliphatic carbocycles. The number of anilines is 1. The van der Waals surface area contributed by atoms with Crippen LogP contribution in [0, 0.1) is 6.92 Å². The zero-order chi connectivity index (χ0) is 27.4. The SMILES string of the molecule is Cc1cccc2nc(NC(=O)c3cncc(-n4cccc4)c3)n(C3CCCCN(C(=O)/C=C/CN(C)C)C3)c12. The van der Waals surface area contributed by atoms with Crippen LogP contribution < -0.4 is 5.32 Å². The normalized spacial score (nSPS) is 16.2. The summed E-state index contributed by atoms with van der Waals surface area (Å²) >= 11 is 0. The molecule has 9 nitrogen and oxygen atoms in total. The van der Waals surface area contributed by atoms with Crippen molar-refractivity contribution in [2.45, 2.75) is 32.2 Å². The van der Waals surface area contributed by atoms with Crippen molar-refractivity contribution < 1.29 is 9.59 Å². The Morgan fingerprint density at radius 1 is 1.13 bits per heavy atom. The van der Waals surface area contributed by atoms with E-state index in [0.717, 1.165) is 41.5 Å². The van der Waals surface area contributed by atoms with Crippen molar-refractivity contribution in [3.05, 3.63) is 84.5 Å². The Balaban J connectivity index is 1.46. The van der Waals surface area contributed by atoms with Crippen LogP contribution in [0.5, 0.6) is 0 Å². The molecule has 3 aromatic heterocycles. The van der Waals surface area contributed by atoms with Gasteiger partial charge >= 0.3 is 0 Å². The first-order valence-electron chi connectivity index (χ1n) is 13.4. The molecular formula is C30H35N7O2. The van der Waals surface area contributed by atoms with Crippen molar-refractivity contribution in [2.24, 2.45) is 0 Å². The Bertz CT molecular complexity index is 1490. The number of hydrogen-bond acceptors (Lipinski definition) is 5. The smallest absolute Gasteiger partial charge is 0.259 e. The van der Waals surface area contributed by atoms with E-state index in [2.05, 4.69) is 27.9 Å². The molecule has 39 heavy (non-hydrogen) atoms. The van der Waals surface area contributed by atoms with Gasteiger partial charge in [-0.05, 0) is 70.1 Å². The number of nitrogens with one attached hydrogen (secondary N) is 1. The summed E-state index contributed by atoms with van der Waals surface area (Å²) in [6.07, 6.45) is 13.5. The second kappa shape index (κ2) is 11.7. The van der Waals surface area contributed by atoms with Gasteiger partial charge in [-0.2, -0.15) is 0 Å². The minimum Gasteiger partial charge on any atom is -0.337 e. The number of aromatic nitrogens is 4. The van der Waals surface area contributed by atoms with Gasteiger partial charge in [-0.3, -0.25) is 19.9 Å². The third kappa shape index (κ3) is 5.93. The number of carbonyl (C=O) groups is 2. The molecule has 0 radical (unpaired) electrons. The van der Waals surface area contributed by atoms with E-state index in [1.165, 1.54) is 0 Å². The van der Waals surface area contributed by atoms with Gasteiger partial charge in [-0.1, -0.05) is 18.2 Å². The lowest BCUT2D eigenvalue weighted by Gasteiger charge is -2.26. The van der Waals surface area contributed by atoms with Gasteiger partial charge in [0.25, 0.3) is 5.91 Å². The van der Waals surface area contributed by atoms with Crippen molar-refractivity contribution in [3.63, 3.8) is 0 Å². The molecule has 1 aromatic carbocycles. The average Bonchev–Trinajstić information content (AvgIpc) is 3.52. The van der Waals surface area contributed by atoms with E-state index in [1.807, 2.05) is 77.3 Å². The summed E-state index contributed by atoms with van der Waals surface area (Å²) in [4.78, 5) is 39.6. The molecule has 0 bridgehead atoms. The van der Waals surface area contributed by atoms with E-state index in [1.54, 1.807) is 18.5 Å². The third-order valence-corrected chi connectivity index (χ3v) is 7.08. The molecule has 0 spiro atoms. The number of likely N-dealkylation sites (N-methyl/N-ethyl adjacent to an activating group) is 1. The van der Waals surface area contributed by atoms with Gasteiger partial charge in [-0.25, -0.2) is 4.98 Å². The number of amides is 2. The Kier molecular flexibility index (Phi) is 7.88. The Labute approximate surface area is 228 Å². The Hall–Kier alpha value is -4.24. The number of nitrogens with zero attached hydrogens (tertiary/aromatic N) is 6. The van der Waals surface area contributed by atoms with Crippen LogP contribution in [0.2, 0.25) is 0 Å². The van der Waals surface area contributed by atoms with E-state index in [0.29, 0.717) is 31.1 Å². The van der Waals surface area contributed by atoms with E-state index in [-0.39, 0.29) is 17.9 Å². The predicted octanol–water partition coefficient (Wildman–Crippen LogP) is 4.45. The zero-order valence-electron chi connectivity index (χ0n) is 22.7. The van der Waals surface area contributed by atoms with Crippen molar-refractivity contribution in [1.82, 2.24) is 28.9 Å². The van der Waals surface area contributed by atoms with Crippen LogP contribution in [-0.4, -0.2) is 74.4 Å². The van der Waals surface area contributed by atoms with Crippen molar-refractivity contribution in [2.75, 3.05) is 39.0 Å². The highest BCUT2D eigenvalue weighted by Gasteiger charge is 2.27.